The molecule has 0 N–H and O–H groups in total. The van der Waals surface area contributed by atoms with Crippen LogP contribution in [0.25, 0.3) is 4.85 Å². The number of hydrogen-bond donors (Lipinski definition) is 0. The Labute approximate surface area is 190 Å². The SMILES string of the molecule is [C-]#[N+]c1ccc(N2C(=S)N(c3ccc(C)cc3)C3(CCCCCCC3)C2=S)cc1C. The van der Waals surface area contributed by atoms with Crippen molar-refractivity contribution in [2.45, 2.75) is 64.3 Å². The van der Waals surface area contributed by atoms with Gasteiger partial charge in [0, 0.05) is 11.4 Å². The smallest absolute Gasteiger partial charge is 0.190 e. The van der Waals surface area contributed by atoms with Gasteiger partial charge in [-0.05, 0) is 68.7 Å². The molecule has 0 unspecified atom stereocenters. The molecule has 2 aliphatic rings. The molecule has 1 saturated heterocycles. The van der Waals surface area contributed by atoms with Crippen molar-refractivity contribution in [1.29, 1.82) is 0 Å². The summed E-state index contributed by atoms with van der Waals surface area (Å²) in [6, 6.07) is 14.5. The van der Waals surface area contributed by atoms with Crippen LogP contribution < -0.4 is 9.80 Å². The minimum Gasteiger partial charge on any atom is -0.306 e. The molecule has 30 heavy (non-hydrogen) atoms. The summed E-state index contributed by atoms with van der Waals surface area (Å²) < 4.78 is 0. The molecule has 0 radical (unpaired) electrons. The first-order valence-corrected chi connectivity index (χ1v) is 11.5. The van der Waals surface area contributed by atoms with E-state index in [2.05, 4.69) is 45.8 Å². The third kappa shape index (κ3) is 3.53. The lowest BCUT2D eigenvalue weighted by Crippen LogP contribution is -2.49. The van der Waals surface area contributed by atoms with Crippen molar-refractivity contribution in [3.05, 3.63) is 65.0 Å². The number of anilines is 2. The predicted molar refractivity (Wildman–Crippen MR) is 134 cm³/mol. The van der Waals surface area contributed by atoms with E-state index >= 15 is 0 Å². The molecule has 2 aromatic rings. The van der Waals surface area contributed by atoms with Crippen molar-refractivity contribution in [2.75, 3.05) is 9.80 Å². The predicted octanol–water partition coefficient (Wildman–Crippen LogP) is 7.28. The molecule has 5 heteroatoms. The normalized spacial score (nSPS) is 19.0. The van der Waals surface area contributed by atoms with Gasteiger partial charge in [-0.2, -0.15) is 0 Å². The van der Waals surface area contributed by atoms with Crippen molar-refractivity contribution < 1.29 is 0 Å². The van der Waals surface area contributed by atoms with Gasteiger partial charge in [-0.15, -0.1) is 0 Å². The van der Waals surface area contributed by atoms with Crippen molar-refractivity contribution in [1.82, 2.24) is 0 Å². The molecule has 154 valence electrons. The highest BCUT2D eigenvalue weighted by molar-refractivity contribution is 7.83. The fourth-order valence-electron chi connectivity index (χ4n) is 4.78. The summed E-state index contributed by atoms with van der Waals surface area (Å²) in [6.07, 6.45) is 8.17. The quantitative estimate of drug-likeness (QED) is 0.364. The van der Waals surface area contributed by atoms with E-state index in [0.717, 1.165) is 52.7 Å². The number of nitrogens with zero attached hydrogens (tertiary/aromatic N) is 3. The largest absolute Gasteiger partial charge is 0.306 e. The second kappa shape index (κ2) is 8.45. The molecule has 0 amide bonds. The highest BCUT2D eigenvalue weighted by Gasteiger charge is 2.52. The fourth-order valence-corrected chi connectivity index (χ4v) is 5.81. The van der Waals surface area contributed by atoms with Crippen LogP contribution in [0.5, 0.6) is 0 Å². The summed E-state index contributed by atoms with van der Waals surface area (Å²) in [7, 11) is 0. The van der Waals surface area contributed by atoms with Crippen LogP contribution in [0, 0.1) is 20.4 Å². The van der Waals surface area contributed by atoms with E-state index in [-0.39, 0.29) is 5.54 Å². The van der Waals surface area contributed by atoms with E-state index < -0.39 is 0 Å². The molecule has 1 saturated carbocycles. The summed E-state index contributed by atoms with van der Waals surface area (Å²) in [5.74, 6) is 0. The molecule has 3 nitrogen and oxygen atoms in total. The van der Waals surface area contributed by atoms with Gasteiger partial charge in [-0.1, -0.05) is 68.1 Å². The number of rotatable bonds is 2. The number of thiocarbonyl (C=S) groups is 2. The molecule has 2 aromatic carbocycles. The highest BCUT2D eigenvalue weighted by Crippen LogP contribution is 2.44. The average Bonchev–Trinajstić information content (AvgIpc) is 2.92. The first kappa shape index (κ1) is 21.0. The summed E-state index contributed by atoms with van der Waals surface area (Å²) >= 11 is 12.3. The Hall–Kier alpha value is -2.29. The second-order valence-electron chi connectivity index (χ2n) is 8.48. The topological polar surface area (TPSA) is 10.8 Å². The first-order chi connectivity index (χ1) is 14.5. The van der Waals surface area contributed by atoms with Crippen LogP contribution in [0.2, 0.25) is 0 Å². The number of benzene rings is 2. The molecule has 0 bridgehead atoms. The van der Waals surface area contributed by atoms with Gasteiger partial charge in [-0.3, -0.25) is 4.90 Å². The Morgan fingerprint density at radius 3 is 2.07 bits per heavy atom. The molecular weight excluding hydrogens is 406 g/mol. The van der Waals surface area contributed by atoms with E-state index in [9.17, 15) is 0 Å². The summed E-state index contributed by atoms with van der Waals surface area (Å²) in [4.78, 5) is 8.92. The summed E-state index contributed by atoms with van der Waals surface area (Å²) in [5, 5.41) is 0.749. The van der Waals surface area contributed by atoms with E-state index in [1.165, 1.54) is 24.8 Å². The molecule has 1 aliphatic heterocycles. The van der Waals surface area contributed by atoms with Crippen molar-refractivity contribution in [3.63, 3.8) is 0 Å². The maximum atomic E-state index is 7.36. The lowest BCUT2D eigenvalue weighted by molar-refractivity contribution is 0.407. The zero-order chi connectivity index (χ0) is 21.3. The Kier molecular flexibility index (Phi) is 5.90. The fraction of sp³-hybridized carbons (Fsp3) is 0.400. The molecule has 2 fully saturated rings. The minimum absolute atomic E-state index is 0.255. The number of aryl methyl sites for hydroxylation is 2. The summed E-state index contributed by atoms with van der Waals surface area (Å²) in [5.41, 5.74) is 4.69. The molecular formula is C25H27N3S2. The Balaban J connectivity index is 1.83. The standard InChI is InChI=1S/C25H27N3S2/c1-18-9-11-20(12-10-18)28-24(30)27(21-13-14-22(26-3)19(2)17-21)23(29)25(28)15-7-5-4-6-8-16-25/h9-14,17H,4-8,15-16H2,1-2H3. The van der Waals surface area contributed by atoms with Crippen molar-refractivity contribution in [3.8, 4) is 0 Å². The van der Waals surface area contributed by atoms with Gasteiger partial charge < -0.3 is 4.90 Å². The van der Waals surface area contributed by atoms with Crippen molar-refractivity contribution in [2.24, 2.45) is 0 Å². The summed E-state index contributed by atoms with van der Waals surface area (Å²) in [6.45, 7) is 11.4. The zero-order valence-electron chi connectivity index (χ0n) is 17.6. The van der Waals surface area contributed by atoms with E-state index in [0.29, 0.717) is 5.69 Å². The third-order valence-electron chi connectivity index (χ3n) is 6.44. The van der Waals surface area contributed by atoms with Gasteiger partial charge in [0.05, 0.1) is 12.1 Å². The third-order valence-corrected chi connectivity index (χ3v) is 7.37. The second-order valence-corrected chi connectivity index (χ2v) is 9.23. The van der Waals surface area contributed by atoms with Crippen LogP contribution >= 0.6 is 24.4 Å². The Morgan fingerprint density at radius 1 is 0.867 bits per heavy atom. The maximum Gasteiger partial charge on any atom is 0.190 e. The molecule has 1 spiro atoms. The van der Waals surface area contributed by atoms with Crippen LogP contribution in [-0.2, 0) is 0 Å². The van der Waals surface area contributed by atoms with Crippen LogP contribution in [0.3, 0.4) is 0 Å². The van der Waals surface area contributed by atoms with Crippen LogP contribution in [0.4, 0.5) is 17.1 Å². The van der Waals surface area contributed by atoms with E-state index in [1.54, 1.807) is 0 Å². The Bertz CT molecular complexity index is 1010. The zero-order valence-corrected chi connectivity index (χ0v) is 19.3. The molecule has 0 atom stereocenters. The van der Waals surface area contributed by atoms with Gasteiger partial charge >= 0.3 is 0 Å². The molecule has 1 aliphatic carbocycles. The van der Waals surface area contributed by atoms with Gasteiger partial charge in [0.25, 0.3) is 0 Å². The van der Waals surface area contributed by atoms with Crippen molar-refractivity contribution >= 4 is 51.6 Å². The van der Waals surface area contributed by atoms with Gasteiger partial charge in [0.2, 0.25) is 0 Å². The Morgan fingerprint density at radius 2 is 1.47 bits per heavy atom. The van der Waals surface area contributed by atoms with Crippen LogP contribution in [0.1, 0.15) is 56.1 Å². The highest BCUT2D eigenvalue weighted by atomic mass is 32.1. The van der Waals surface area contributed by atoms with Gasteiger partial charge in [0.15, 0.2) is 10.8 Å². The molecule has 4 rings (SSSR count). The van der Waals surface area contributed by atoms with Gasteiger partial charge in [-0.25, -0.2) is 4.85 Å². The number of hydrogen-bond acceptors (Lipinski definition) is 2. The van der Waals surface area contributed by atoms with Crippen LogP contribution in [0.15, 0.2) is 42.5 Å². The average molecular weight is 434 g/mol. The van der Waals surface area contributed by atoms with E-state index in [4.69, 9.17) is 31.0 Å². The first-order valence-electron chi connectivity index (χ1n) is 10.7. The molecule has 0 aromatic heterocycles. The van der Waals surface area contributed by atoms with E-state index in [1.807, 2.05) is 25.1 Å². The molecule has 1 heterocycles. The lowest BCUT2D eigenvalue weighted by atomic mass is 9.82. The van der Waals surface area contributed by atoms with Gasteiger partial charge in [0.1, 0.15) is 4.99 Å². The minimum atomic E-state index is -0.255. The maximum absolute atomic E-state index is 7.36. The lowest BCUT2D eigenvalue weighted by Gasteiger charge is -2.39. The monoisotopic (exact) mass is 433 g/mol. The van der Waals surface area contributed by atoms with Crippen LogP contribution in [-0.4, -0.2) is 15.6 Å².